The number of alkyl carbamates (subject to hydrolysis) is 1. The molecule has 7 nitrogen and oxygen atoms in total. The van der Waals surface area contributed by atoms with Gasteiger partial charge in [0.25, 0.3) is 5.91 Å². The number of carboxylic acid groups (broad SMARTS) is 1. The van der Waals surface area contributed by atoms with Crippen molar-refractivity contribution >= 4 is 18.0 Å². The van der Waals surface area contributed by atoms with Crippen LogP contribution in [0.2, 0.25) is 0 Å². The highest BCUT2D eigenvalue weighted by atomic mass is 19.4. The van der Waals surface area contributed by atoms with Gasteiger partial charge in [0.2, 0.25) is 6.04 Å². The Morgan fingerprint density at radius 3 is 2.00 bits per heavy atom. The van der Waals surface area contributed by atoms with Gasteiger partial charge >= 0.3 is 18.2 Å². The van der Waals surface area contributed by atoms with Gasteiger partial charge in [0.1, 0.15) is 12.6 Å². The highest BCUT2D eigenvalue weighted by Gasteiger charge is 2.47. The molecule has 2 aromatic rings. The van der Waals surface area contributed by atoms with Crippen LogP contribution in [-0.2, 0) is 14.3 Å². The smallest absolute Gasteiger partial charge is 0.417 e. The van der Waals surface area contributed by atoms with Crippen LogP contribution in [0.4, 0.5) is 18.0 Å². The number of alkyl halides is 3. The molecule has 3 N–H and O–H groups in total. The molecule has 164 valence electrons. The van der Waals surface area contributed by atoms with Crippen LogP contribution in [0.5, 0.6) is 0 Å². The molecule has 3 rings (SSSR count). The maximum Gasteiger partial charge on any atom is 0.417 e. The molecule has 31 heavy (non-hydrogen) atoms. The minimum atomic E-state index is -5.14. The standard InChI is InChI=1S/C21H19F3N2O5/c1-11(19(28)29)25-18(27)17(21(22,23)24)26-20(30)31-10-16-14-8-4-2-6-12(14)13-7-3-5-9-15(13)16/h2-9,11,16-17H,10H2,1H3,(H,25,27)(H,26,30)(H,28,29). The summed E-state index contributed by atoms with van der Waals surface area (Å²) in [7, 11) is 0. The first-order chi connectivity index (χ1) is 14.6. The molecular weight excluding hydrogens is 417 g/mol. The van der Waals surface area contributed by atoms with Crippen LogP contribution in [0.1, 0.15) is 24.0 Å². The van der Waals surface area contributed by atoms with Crippen molar-refractivity contribution in [2.24, 2.45) is 0 Å². The second-order valence-corrected chi connectivity index (χ2v) is 7.01. The van der Waals surface area contributed by atoms with Crippen molar-refractivity contribution < 1.29 is 37.4 Å². The van der Waals surface area contributed by atoms with Gasteiger partial charge in [-0.25, -0.2) is 4.79 Å². The van der Waals surface area contributed by atoms with Crippen molar-refractivity contribution in [1.82, 2.24) is 10.6 Å². The molecule has 0 bridgehead atoms. The number of aliphatic carboxylic acids is 1. The van der Waals surface area contributed by atoms with Gasteiger partial charge in [0, 0.05) is 5.92 Å². The third-order valence-corrected chi connectivity index (χ3v) is 4.92. The SMILES string of the molecule is CC(NC(=O)C(NC(=O)OCC1c2ccccc2-c2ccccc21)C(F)(F)F)C(=O)O. The van der Waals surface area contributed by atoms with Crippen LogP contribution in [0.15, 0.2) is 48.5 Å². The molecule has 2 amide bonds. The topological polar surface area (TPSA) is 105 Å². The number of carbonyl (C=O) groups excluding carboxylic acids is 2. The summed E-state index contributed by atoms with van der Waals surface area (Å²) < 4.78 is 44.7. The van der Waals surface area contributed by atoms with Crippen LogP contribution >= 0.6 is 0 Å². The molecule has 1 aliphatic rings. The van der Waals surface area contributed by atoms with E-state index >= 15 is 0 Å². The van der Waals surface area contributed by atoms with E-state index < -0.39 is 36.2 Å². The highest BCUT2D eigenvalue weighted by molar-refractivity contribution is 5.89. The van der Waals surface area contributed by atoms with E-state index in [1.54, 1.807) is 5.32 Å². The number of halogens is 3. The lowest BCUT2D eigenvalue weighted by atomic mass is 9.98. The Hall–Kier alpha value is -3.56. The first-order valence-electron chi connectivity index (χ1n) is 9.31. The van der Waals surface area contributed by atoms with Crippen LogP contribution < -0.4 is 10.6 Å². The number of fused-ring (bicyclic) bond motifs is 3. The summed E-state index contributed by atoms with van der Waals surface area (Å²) in [6, 6.07) is 10.3. The summed E-state index contributed by atoms with van der Waals surface area (Å²) in [6.07, 6.45) is -6.59. The molecule has 0 aromatic heterocycles. The monoisotopic (exact) mass is 436 g/mol. The third kappa shape index (κ3) is 4.79. The average Bonchev–Trinajstić information content (AvgIpc) is 3.03. The van der Waals surface area contributed by atoms with Crippen molar-refractivity contribution in [1.29, 1.82) is 0 Å². The van der Waals surface area contributed by atoms with E-state index in [0.29, 0.717) is 0 Å². The Balaban J connectivity index is 1.70. The van der Waals surface area contributed by atoms with E-state index in [0.717, 1.165) is 29.2 Å². The van der Waals surface area contributed by atoms with Gasteiger partial charge in [0.15, 0.2) is 0 Å². The van der Waals surface area contributed by atoms with Crippen LogP contribution in [0, 0.1) is 0 Å². The maximum absolute atomic E-state index is 13.2. The van der Waals surface area contributed by atoms with Gasteiger partial charge in [-0.2, -0.15) is 13.2 Å². The Labute approximate surface area is 175 Å². The lowest BCUT2D eigenvalue weighted by molar-refractivity contribution is -0.169. The predicted molar refractivity (Wildman–Crippen MR) is 103 cm³/mol. The summed E-state index contributed by atoms with van der Waals surface area (Å²) in [6.45, 7) is 0.762. The van der Waals surface area contributed by atoms with Crippen molar-refractivity contribution in [2.75, 3.05) is 6.61 Å². The van der Waals surface area contributed by atoms with E-state index in [4.69, 9.17) is 9.84 Å². The predicted octanol–water partition coefficient (Wildman–Crippen LogP) is 3.05. The number of rotatable bonds is 6. The van der Waals surface area contributed by atoms with Gasteiger partial charge in [0.05, 0.1) is 0 Å². The second kappa shape index (κ2) is 8.66. The number of benzene rings is 2. The van der Waals surface area contributed by atoms with Crippen LogP contribution in [-0.4, -0.2) is 47.9 Å². The lowest BCUT2D eigenvalue weighted by Crippen LogP contribution is -2.57. The molecule has 1 aliphatic carbocycles. The zero-order valence-electron chi connectivity index (χ0n) is 16.3. The number of amides is 2. The lowest BCUT2D eigenvalue weighted by Gasteiger charge is -2.22. The van der Waals surface area contributed by atoms with E-state index in [9.17, 15) is 27.6 Å². The Morgan fingerprint density at radius 2 is 1.52 bits per heavy atom. The largest absolute Gasteiger partial charge is 0.480 e. The van der Waals surface area contributed by atoms with Gasteiger partial charge < -0.3 is 20.5 Å². The first kappa shape index (κ1) is 22.1. The summed E-state index contributed by atoms with van der Waals surface area (Å²) in [5.74, 6) is -3.59. The molecule has 0 aliphatic heterocycles. The Morgan fingerprint density at radius 1 is 1.00 bits per heavy atom. The number of hydrogen-bond acceptors (Lipinski definition) is 4. The molecule has 2 atom stereocenters. The fourth-order valence-electron chi connectivity index (χ4n) is 3.41. The summed E-state index contributed by atoms with van der Waals surface area (Å²) in [5, 5.41) is 11.9. The number of carboxylic acids is 1. The van der Waals surface area contributed by atoms with Crippen molar-refractivity contribution in [3.8, 4) is 11.1 Å². The second-order valence-electron chi connectivity index (χ2n) is 7.01. The summed E-state index contributed by atoms with van der Waals surface area (Å²) in [5.41, 5.74) is 3.64. The molecule has 2 unspecified atom stereocenters. The Bertz CT molecular complexity index is 963. The molecule has 0 radical (unpaired) electrons. The zero-order valence-corrected chi connectivity index (χ0v) is 16.3. The number of ether oxygens (including phenoxy) is 1. The average molecular weight is 436 g/mol. The Kier molecular flexibility index (Phi) is 6.19. The summed E-state index contributed by atoms with van der Waals surface area (Å²) in [4.78, 5) is 34.7. The highest BCUT2D eigenvalue weighted by Crippen LogP contribution is 2.44. The molecule has 0 saturated heterocycles. The summed E-state index contributed by atoms with van der Waals surface area (Å²) >= 11 is 0. The molecule has 0 spiro atoms. The molecule has 0 fully saturated rings. The van der Waals surface area contributed by atoms with Crippen molar-refractivity contribution in [3.63, 3.8) is 0 Å². The van der Waals surface area contributed by atoms with Crippen LogP contribution in [0.25, 0.3) is 11.1 Å². The molecule has 10 heteroatoms. The van der Waals surface area contributed by atoms with Crippen LogP contribution in [0.3, 0.4) is 0 Å². The number of nitrogens with one attached hydrogen (secondary N) is 2. The van der Waals surface area contributed by atoms with E-state index in [1.165, 1.54) is 5.32 Å². The van der Waals surface area contributed by atoms with Crippen molar-refractivity contribution in [2.45, 2.75) is 31.1 Å². The van der Waals surface area contributed by atoms with Crippen molar-refractivity contribution in [3.05, 3.63) is 59.7 Å². The fourth-order valence-corrected chi connectivity index (χ4v) is 3.41. The number of carbonyl (C=O) groups is 3. The molecule has 2 aromatic carbocycles. The molecular formula is C21H19F3N2O5. The van der Waals surface area contributed by atoms with Gasteiger partial charge in [-0.15, -0.1) is 0 Å². The van der Waals surface area contributed by atoms with E-state index in [-0.39, 0.29) is 12.5 Å². The minimum absolute atomic E-state index is 0.239. The molecule has 0 saturated carbocycles. The normalized spacial score (nSPS) is 14.7. The third-order valence-electron chi connectivity index (χ3n) is 4.92. The van der Waals surface area contributed by atoms with Gasteiger partial charge in [-0.3, -0.25) is 9.59 Å². The molecule has 0 heterocycles. The van der Waals surface area contributed by atoms with Gasteiger partial charge in [-0.1, -0.05) is 48.5 Å². The van der Waals surface area contributed by atoms with E-state index in [2.05, 4.69) is 0 Å². The zero-order chi connectivity index (χ0) is 22.8. The van der Waals surface area contributed by atoms with Gasteiger partial charge in [-0.05, 0) is 29.2 Å². The first-order valence-corrected chi connectivity index (χ1v) is 9.31. The number of hydrogen-bond donors (Lipinski definition) is 3. The van der Waals surface area contributed by atoms with E-state index in [1.807, 2.05) is 48.5 Å². The fraction of sp³-hybridized carbons (Fsp3) is 0.286. The minimum Gasteiger partial charge on any atom is -0.480 e. The quantitative estimate of drug-likeness (QED) is 0.646. The maximum atomic E-state index is 13.2.